The molecule has 112 valence electrons. The normalized spacial score (nSPS) is 25.3. The third-order valence-electron chi connectivity index (χ3n) is 3.34. The third kappa shape index (κ3) is 3.65. The van der Waals surface area contributed by atoms with Crippen molar-refractivity contribution in [2.24, 2.45) is 0 Å². The molecule has 4 nitrogen and oxygen atoms in total. The number of hydrogen-bond acceptors (Lipinski definition) is 4. The molecule has 1 N–H and O–H groups in total. The van der Waals surface area contributed by atoms with E-state index in [4.69, 9.17) is 14.2 Å². The molecule has 1 aliphatic rings. The van der Waals surface area contributed by atoms with Crippen molar-refractivity contribution in [3.8, 4) is 5.75 Å². The molecule has 0 saturated heterocycles. The lowest BCUT2D eigenvalue weighted by molar-refractivity contribution is -0.114. The highest BCUT2D eigenvalue weighted by Gasteiger charge is 2.43. The zero-order valence-corrected chi connectivity index (χ0v) is 11.6. The van der Waals surface area contributed by atoms with Gasteiger partial charge in [0.2, 0.25) is 0 Å². The molecule has 0 radical (unpaired) electrons. The van der Waals surface area contributed by atoms with Crippen LogP contribution in [0, 0.1) is 11.6 Å². The fourth-order valence-electron chi connectivity index (χ4n) is 2.24. The molecule has 1 fully saturated rings. The van der Waals surface area contributed by atoms with Crippen LogP contribution < -0.4 is 10.1 Å². The van der Waals surface area contributed by atoms with Gasteiger partial charge in [0.25, 0.3) is 0 Å². The van der Waals surface area contributed by atoms with Gasteiger partial charge in [0.15, 0.2) is 0 Å². The molecule has 20 heavy (non-hydrogen) atoms. The van der Waals surface area contributed by atoms with Gasteiger partial charge in [-0.05, 0) is 7.05 Å². The van der Waals surface area contributed by atoms with Crippen LogP contribution in [0.25, 0.3) is 0 Å². The summed E-state index contributed by atoms with van der Waals surface area (Å²) in [4.78, 5) is 0. The molecule has 0 aliphatic heterocycles. The predicted molar refractivity (Wildman–Crippen MR) is 69.9 cm³/mol. The van der Waals surface area contributed by atoms with Gasteiger partial charge in [0.05, 0.1) is 13.2 Å². The van der Waals surface area contributed by atoms with Gasteiger partial charge in [-0.3, -0.25) is 0 Å². The van der Waals surface area contributed by atoms with Crippen molar-refractivity contribution < 1.29 is 23.0 Å². The first-order valence-electron chi connectivity index (χ1n) is 6.54. The van der Waals surface area contributed by atoms with Gasteiger partial charge in [-0.15, -0.1) is 0 Å². The van der Waals surface area contributed by atoms with Gasteiger partial charge in [0, 0.05) is 37.8 Å². The zero-order chi connectivity index (χ0) is 14.5. The van der Waals surface area contributed by atoms with Crippen molar-refractivity contribution in [3.63, 3.8) is 0 Å². The van der Waals surface area contributed by atoms with E-state index in [2.05, 4.69) is 5.32 Å². The lowest BCUT2D eigenvalue weighted by Crippen LogP contribution is -2.60. The van der Waals surface area contributed by atoms with Gasteiger partial charge in [-0.2, -0.15) is 0 Å². The van der Waals surface area contributed by atoms with Crippen LogP contribution in [-0.4, -0.2) is 45.6 Å². The van der Waals surface area contributed by atoms with Crippen molar-refractivity contribution in [1.82, 2.24) is 5.32 Å². The number of nitrogens with one attached hydrogen (secondary N) is 1. The quantitative estimate of drug-likeness (QED) is 0.775. The zero-order valence-electron chi connectivity index (χ0n) is 11.6. The maximum atomic E-state index is 13.1. The van der Waals surface area contributed by atoms with E-state index in [0.29, 0.717) is 13.2 Å². The Hall–Kier alpha value is -1.24. The summed E-state index contributed by atoms with van der Waals surface area (Å²) in [6.07, 6.45) is 0.360. The molecule has 0 heterocycles. The Morgan fingerprint density at radius 2 is 1.90 bits per heavy atom. The molecule has 6 heteroatoms. The Labute approximate surface area is 117 Å². The van der Waals surface area contributed by atoms with Crippen LogP contribution in [0.1, 0.15) is 6.42 Å². The maximum Gasteiger partial charge on any atom is 0.129 e. The molecule has 3 atom stereocenters. The molecule has 1 aliphatic carbocycles. The van der Waals surface area contributed by atoms with E-state index in [1.165, 1.54) is 12.1 Å². The summed E-state index contributed by atoms with van der Waals surface area (Å²) >= 11 is 0. The minimum absolute atomic E-state index is 0.151. The second-order valence-electron chi connectivity index (χ2n) is 4.72. The summed E-state index contributed by atoms with van der Waals surface area (Å²) in [6.45, 7) is 0.949. The van der Waals surface area contributed by atoms with Crippen LogP contribution in [0.2, 0.25) is 0 Å². The van der Waals surface area contributed by atoms with Crippen LogP contribution >= 0.6 is 0 Å². The number of hydrogen-bond donors (Lipinski definition) is 1. The second kappa shape index (κ2) is 6.97. The largest absolute Gasteiger partial charge is 0.487 e. The van der Waals surface area contributed by atoms with Crippen molar-refractivity contribution in [3.05, 3.63) is 29.8 Å². The van der Waals surface area contributed by atoms with E-state index in [-0.39, 0.29) is 24.0 Å². The predicted octanol–water partition coefficient (Wildman–Crippen LogP) is 1.74. The summed E-state index contributed by atoms with van der Waals surface area (Å²) in [5, 5.41) is 3.12. The number of likely N-dealkylation sites (N-methyl/N-ethyl adjacent to an activating group) is 1. The SMILES string of the molecule is CNC1CC(Oc2cc(F)cc(F)c2)C1OCCOC. The van der Waals surface area contributed by atoms with E-state index >= 15 is 0 Å². The lowest BCUT2D eigenvalue weighted by Gasteiger charge is -2.43. The molecule has 0 spiro atoms. The number of rotatable bonds is 7. The van der Waals surface area contributed by atoms with E-state index in [1.807, 2.05) is 7.05 Å². The average molecular weight is 287 g/mol. The van der Waals surface area contributed by atoms with Crippen LogP contribution in [0.15, 0.2) is 18.2 Å². The molecule has 3 unspecified atom stereocenters. The van der Waals surface area contributed by atoms with Gasteiger partial charge in [0.1, 0.15) is 29.6 Å². The minimum atomic E-state index is -0.652. The Balaban J connectivity index is 1.94. The summed E-state index contributed by atoms with van der Waals surface area (Å²) in [7, 11) is 3.44. The van der Waals surface area contributed by atoms with Gasteiger partial charge in [-0.25, -0.2) is 8.78 Å². The molecule has 2 rings (SSSR count). The lowest BCUT2D eigenvalue weighted by atomic mass is 9.85. The molecule has 1 saturated carbocycles. The molecule has 0 bridgehead atoms. The maximum absolute atomic E-state index is 13.1. The minimum Gasteiger partial charge on any atom is -0.487 e. The first-order valence-corrected chi connectivity index (χ1v) is 6.54. The highest BCUT2D eigenvalue weighted by molar-refractivity contribution is 5.24. The second-order valence-corrected chi connectivity index (χ2v) is 4.72. The van der Waals surface area contributed by atoms with Crippen molar-refractivity contribution in [1.29, 1.82) is 0 Å². The number of methoxy groups -OCH3 is 1. The molecule has 1 aromatic rings. The van der Waals surface area contributed by atoms with Crippen LogP contribution in [-0.2, 0) is 9.47 Å². The molecule has 1 aromatic carbocycles. The fourth-order valence-corrected chi connectivity index (χ4v) is 2.24. The topological polar surface area (TPSA) is 39.7 Å². The highest BCUT2D eigenvalue weighted by atomic mass is 19.1. The van der Waals surface area contributed by atoms with Crippen LogP contribution in [0.3, 0.4) is 0 Å². The monoisotopic (exact) mass is 287 g/mol. The summed E-state index contributed by atoms with van der Waals surface area (Å²) < 4.78 is 42.4. The first kappa shape index (κ1) is 15.2. The molecule has 0 amide bonds. The van der Waals surface area contributed by atoms with Crippen LogP contribution in [0.5, 0.6) is 5.75 Å². The Bertz CT molecular complexity index is 424. The summed E-state index contributed by atoms with van der Waals surface area (Å²) in [5.41, 5.74) is 0. The highest BCUT2D eigenvalue weighted by Crippen LogP contribution is 2.29. The van der Waals surface area contributed by atoms with Gasteiger partial charge >= 0.3 is 0 Å². The van der Waals surface area contributed by atoms with Gasteiger partial charge in [-0.1, -0.05) is 0 Å². The van der Waals surface area contributed by atoms with Crippen molar-refractivity contribution in [2.75, 3.05) is 27.4 Å². The molecular weight excluding hydrogens is 268 g/mol. The fraction of sp³-hybridized carbons (Fsp3) is 0.571. The Kier molecular flexibility index (Phi) is 5.28. The third-order valence-corrected chi connectivity index (χ3v) is 3.34. The van der Waals surface area contributed by atoms with Crippen molar-refractivity contribution >= 4 is 0 Å². The average Bonchev–Trinajstić information content (AvgIpc) is 2.38. The van der Waals surface area contributed by atoms with E-state index in [1.54, 1.807) is 7.11 Å². The van der Waals surface area contributed by atoms with E-state index < -0.39 is 11.6 Å². The molecule has 0 aromatic heterocycles. The van der Waals surface area contributed by atoms with E-state index in [9.17, 15) is 8.78 Å². The first-order chi connectivity index (χ1) is 9.63. The number of ether oxygens (including phenoxy) is 3. The molecular formula is C14H19F2NO3. The smallest absolute Gasteiger partial charge is 0.129 e. The summed E-state index contributed by atoms with van der Waals surface area (Å²) in [5.74, 6) is -1.12. The standard InChI is InChI=1S/C14H19F2NO3/c1-17-12-8-13(14(12)19-4-3-18-2)20-11-6-9(15)5-10(16)7-11/h5-7,12-14,17H,3-4,8H2,1-2H3. The van der Waals surface area contributed by atoms with Gasteiger partial charge < -0.3 is 19.5 Å². The number of halogens is 2. The Morgan fingerprint density at radius 3 is 2.50 bits per heavy atom. The Morgan fingerprint density at radius 1 is 1.20 bits per heavy atom. The van der Waals surface area contributed by atoms with Crippen molar-refractivity contribution in [2.45, 2.75) is 24.7 Å². The van der Waals surface area contributed by atoms with E-state index in [0.717, 1.165) is 12.5 Å². The van der Waals surface area contributed by atoms with Crippen LogP contribution in [0.4, 0.5) is 8.78 Å². The summed E-state index contributed by atoms with van der Waals surface area (Å²) in [6, 6.07) is 3.33. The number of benzene rings is 1.